The molecule has 0 radical (unpaired) electrons. The molecule has 100 valence electrons. The molecule has 0 saturated heterocycles. The van der Waals surface area contributed by atoms with Gasteiger partial charge in [0.15, 0.2) is 0 Å². The maximum Gasteiger partial charge on any atom is 0.0702 e. The summed E-state index contributed by atoms with van der Waals surface area (Å²) < 4.78 is 0. The fraction of sp³-hybridized carbons (Fsp3) is 0.118. The van der Waals surface area contributed by atoms with E-state index in [-0.39, 0.29) is 0 Å². The number of hydrogen-bond acceptors (Lipinski definition) is 2. The fourth-order valence-electron chi connectivity index (χ4n) is 2.29. The monoisotopic (exact) mass is 282 g/mol. The van der Waals surface area contributed by atoms with Gasteiger partial charge in [0.05, 0.1) is 5.52 Å². The SMILES string of the molecule is CNCc1ccc(-c2cnc3ccccc3c2)cc1Cl. The molecule has 0 bridgehead atoms. The number of halogens is 1. The Kier molecular flexibility index (Phi) is 3.68. The van der Waals surface area contributed by atoms with Gasteiger partial charge < -0.3 is 5.32 Å². The van der Waals surface area contributed by atoms with Gasteiger partial charge in [-0.2, -0.15) is 0 Å². The summed E-state index contributed by atoms with van der Waals surface area (Å²) in [5, 5.41) is 5.03. The van der Waals surface area contributed by atoms with Gasteiger partial charge in [-0.1, -0.05) is 41.9 Å². The summed E-state index contributed by atoms with van der Waals surface area (Å²) in [7, 11) is 1.91. The first-order valence-electron chi connectivity index (χ1n) is 6.56. The van der Waals surface area contributed by atoms with Gasteiger partial charge in [-0.15, -0.1) is 0 Å². The van der Waals surface area contributed by atoms with Gasteiger partial charge in [-0.3, -0.25) is 4.98 Å². The average molecular weight is 283 g/mol. The molecule has 1 N–H and O–H groups in total. The predicted octanol–water partition coefficient (Wildman–Crippen LogP) is 4.27. The van der Waals surface area contributed by atoms with Crippen molar-refractivity contribution in [3.63, 3.8) is 0 Å². The van der Waals surface area contributed by atoms with Gasteiger partial charge in [0, 0.05) is 28.7 Å². The maximum absolute atomic E-state index is 6.32. The van der Waals surface area contributed by atoms with Crippen molar-refractivity contribution < 1.29 is 0 Å². The summed E-state index contributed by atoms with van der Waals surface area (Å²) in [6.45, 7) is 0.773. The normalized spacial score (nSPS) is 10.9. The van der Waals surface area contributed by atoms with E-state index in [1.54, 1.807) is 0 Å². The molecule has 2 aromatic carbocycles. The molecular weight excluding hydrogens is 268 g/mol. The Hall–Kier alpha value is -1.90. The zero-order valence-corrected chi connectivity index (χ0v) is 12.0. The van der Waals surface area contributed by atoms with E-state index in [1.165, 1.54) is 0 Å². The van der Waals surface area contributed by atoms with E-state index in [9.17, 15) is 0 Å². The molecule has 0 fully saturated rings. The summed E-state index contributed by atoms with van der Waals surface area (Å²) in [5.41, 5.74) is 4.29. The molecule has 3 rings (SSSR count). The molecule has 3 heteroatoms. The molecule has 2 nitrogen and oxygen atoms in total. The Balaban J connectivity index is 2.04. The Morgan fingerprint density at radius 2 is 1.90 bits per heavy atom. The molecule has 0 saturated carbocycles. The van der Waals surface area contributed by atoms with Crippen LogP contribution in [0.3, 0.4) is 0 Å². The zero-order valence-electron chi connectivity index (χ0n) is 11.2. The van der Waals surface area contributed by atoms with Crippen molar-refractivity contribution in [2.75, 3.05) is 7.05 Å². The van der Waals surface area contributed by atoms with Crippen LogP contribution in [0.1, 0.15) is 5.56 Å². The number of benzene rings is 2. The highest BCUT2D eigenvalue weighted by Gasteiger charge is 2.04. The first-order chi connectivity index (χ1) is 9.78. The van der Waals surface area contributed by atoms with Crippen LogP contribution in [0.15, 0.2) is 54.7 Å². The number of para-hydroxylation sites is 1. The third-order valence-corrected chi connectivity index (χ3v) is 3.70. The number of rotatable bonds is 3. The largest absolute Gasteiger partial charge is 0.316 e. The van der Waals surface area contributed by atoms with Crippen molar-refractivity contribution in [1.82, 2.24) is 10.3 Å². The molecule has 0 spiro atoms. The predicted molar refractivity (Wildman–Crippen MR) is 85.0 cm³/mol. The van der Waals surface area contributed by atoms with E-state index in [2.05, 4.69) is 34.6 Å². The quantitative estimate of drug-likeness (QED) is 0.776. The van der Waals surface area contributed by atoms with E-state index in [0.29, 0.717) is 0 Å². The van der Waals surface area contributed by atoms with Gasteiger partial charge in [0.2, 0.25) is 0 Å². The topological polar surface area (TPSA) is 24.9 Å². The highest BCUT2D eigenvalue weighted by molar-refractivity contribution is 6.31. The van der Waals surface area contributed by atoms with Crippen LogP contribution >= 0.6 is 11.6 Å². The molecule has 1 aromatic heterocycles. The molecule has 0 unspecified atom stereocenters. The van der Waals surface area contributed by atoms with Crippen LogP contribution in [-0.2, 0) is 6.54 Å². The number of fused-ring (bicyclic) bond motifs is 1. The Labute approximate surface area is 123 Å². The van der Waals surface area contributed by atoms with Crippen LogP contribution in [0, 0.1) is 0 Å². The van der Waals surface area contributed by atoms with Crippen molar-refractivity contribution in [3.8, 4) is 11.1 Å². The zero-order chi connectivity index (χ0) is 13.9. The molecule has 0 aliphatic heterocycles. The van der Waals surface area contributed by atoms with Crippen LogP contribution in [0.5, 0.6) is 0 Å². The lowest BCUT2D eigenvalue weighted by Gasteiger charge is -2.08. The average Bonchev–Trinajstić information content (AvgIpc) is 2.49. The van der Waals surface area contributed by atoms with Gasteiger partial charge in [0.1, 0.15) is 0 Å². The van der Waals surface area contributed by atoms with Crippen molar-refractivity contribution in [2.45, 2.75) is 6.54 Å². The van der Waals surface area contributed by atoms with Crippen LogP contribution in [0.25, 0.3) is 22.0 Å². The van der Waals surface area contributed by atoms with Gasteiger partial charge in [-0.25, -0.2) is 0 Å². The number of nitrogens with one attached hydrogen (secondary N) is 1. The Bertz CT molecular complexity index is 753. The fourth-order valence-corrected chi connectivity index (χ4v) is 2.54. The first-order valence-corrected chi connectivity index (χ1v) is 6.94. The van der Waals surface area contributed by atoms with Crippen molar-refractivity contribution in [2.24, 2.45) is 0 Å². The molecular formula is C17H15ClN2. The molecule has 0 amide bonds. The number of hydrogen-bond donors (Lipinski definition) is 1. The molecule has 0 atom stereocenters. The van der Waals surface area contributed by atoms with Crippen LogP contribution in [0.4, 0.5) is 0 Å². The number of aromatic nitrogens is 1. The van der Waals surface area contributed by atoms with E-state index >= 15 is 0 Å². The highest BCUT2D eigenvalue weighted by Crippen LogP contribution is 2.27. The van der Waals surface area contributed by atoms with Gasteiger partial charge in [0.25, 0.3) is 0 Å². The molecule has 0 aliphatic carbocycles. The van der Waals surface area contributed by atoms with Crippen molar-refractivity contribution in [1.29, 1.82) is 0 Å². The lowest BCUT2D eigenvalue weighted by atomic mass is 10.0. The molecule has 3 aromatic rings. The lowest BCUT2D eigenvalue weighted by Crippen LogP contribution is -2.05. The summed E-state index contributed by atoms with van der Waals surface area (Å²) >= 11 is 6.32. The molecule has 0 aliphatic rings. The first kappa shape index (κ1) is 13.1. The van der Waals surface area contributed by atoms with Gasteiger partial charge >= 0.3 is 0 Å². The second-order valence-electron chi connectivity index (χ2n) is 4.75. The van der Waals surface area contributed by atoms with E-state index in [1.807, 2.05) is 37.5 Å². The summed E-state index contributed by atoms with van der Waals surface area (Å²) in [4.78, 5) is 4.49. The standard InChI is InChI=1S/C17H15ClN2/c1-19-10-14-7-6-12(9-16(14)18)15-8-13-4-2-3-5-17(13)20-11-15/h2-9,11,19H,10H2,1H3. The molecule has 1 heterocycles. The Morgan fingerprint density at radius 3 is 2.70 bits per heavy atom. The van der Waals surface area contributed by atoms with E-state index in [4.69, 9.17) is 11.6 Å². The summed E-state index contributed by atoms with van der Waals surface area (Å²) in [5.74, 6) is 0. The third kappa shape index (κ3) is 2.53. The van der Waals surface area contributed by atoms with E-state index < -0.39 is 0 Å². The lowest BCUT2D eigenvalue weighted by molar-refractivity contribution is 0.818. The van der Waals surface area contributed by atoms with E-state index in [0.717, 1.165) is 39.2 Å². The summed E-state index contributed by atoms with van der Waals surface area (Å²) in [6.07, 6.45) is 1.89. The minimum absolute atomic E-state index is 0.773. The van der Waals surface area contributed by atoms with Crippen molar-refractivity contribution in [3.05, 3.63) is 65.3 Å². The third-order valence-electron chi connectivity index (χ3n) is 3.34. The minimum Gasteiger partial charge on any atom is -0.316 e. The summed E-state index contributed by atoms with van der Waals surface area (Å²) in [6, 6.07) is 16.4. The smallest absolute Gasteiger partial charge is 0.0702 e. The Morgan fingerprint density at radius 1 is 1.05 bits per heavy atom. The highest BCUT2D eigenvalue weighted by atomic mass is 35.5. The van der Waals surface area contributed by atoms with Crippen LogP contribution < -0.4 is 5.32 Å². The minimum atomic E-state index is 0.773. The second kappa shape index (κ2) is 5.61. The van der Waals surface area contributed by atoms with Crippen LogP contribution in [-0.4, -0.2) is 12.0 Å². The van der Waals surface area contributed by atoms with Crippen LogP contribution in [0.2, 0.25) is 5.02 Å². The number of nitrogens with zero attached hydrogens (tertiary/aromatic N) is 1. The second-order valence-corrected chi connectivity index (χ2v) is 5.16. The number of pyridine rings is 1. The maximum atomic E-state index is 6.32. The van der Waals surface area contributed by atoms with Crippen molar-refractivity contribution >= 4 is 22.5 Å². The molecule has 20 heavy (non-hydrogen) atoms. The van der Waals surface area contributed by atoms with Gasteiger partial charge in [-0.05, 0) is 36.4 Å².